The predicted molar refractivity (Wildman–Crippen MR) is 134 cm³/mol. The third kappa shape index (κ3) is 7.32. The van der Waals surface area contributed by atoms with Gasteiger partial charge in [0.2, 0.25) is 5.91 Å². The molecule has 184 valence electrons. The Labute approximate surface area is 203 Å². The Morgan fingerprint density at radius 3 is 2.44 bits per heavy atom. The predicted octanol–water partition coefficient (Wildman–Crippen LogP) is 4.58. The quantitative estimate of drug-likeness (QED) is 0.625. The van der Waals surface area contributed by atoms with E-state index in [9.17, 15) is 9.59 Å². The first kappa shape index (κ1) is 25.8. The van der Waals surface area contributed by atoms with Gasteiger partial charge in [-0.15, -0.1) is 0 Å². The lowest BCUT2D eigenvalue weighted by molar-refractivity contribution is -0.134. The van der Waals surface area contributed by atoms with Crippen LogP contribution in [0.5, 0.6) is 5.75 Å². The van der Waals surface area contributed by atoms with Gasteiger partial charge in [-0.1, -0.05) is 62.2 Å². The number of hydrogen-bond acceptors (Lipinski definition) is 4. The number of amides is 2. The molecule has 1 heterocycles. The molecule has 6 nitrogen and oxygen atoms in total. The molecule has 0 spiro atoms. The van der Waals surface area contributed by atoms with E-state index < -0.39 is 0 Å². The Hall–Kier alpha value is -2.86. The second-order valence-electron chi connectivity index (χ2n) is 8.79. The first-order valence-electron chi connectivity index (χ1n) is 12.5. The maximum Gasteiger partial charge on any atom is 0.257 e. The molecule has 0 radical (unpaired) electrons. The molecule has 0 bridgehead atoms. The molecule has 0 saturated carbocycles. The largest absolute Gasteiger partial charge is 0.491 e. The molecule has 2 aromatic carbocycles. The number of benzene rings is 2. The van der Waals surface area contributed by atoms with Gasteiger partial charge < -0.3 is 19.3 Å². The van der Waals surface area contributed by atoms with Crippen LogP contribution < -0.4 is 4.74 Å². The molecular formula is C28H38N2O4. The maximum absolute atomic E-state index is 13.4. The Kier molecular flexibility index (Phi) is 10.4. The number of hydrogen-bond donors (Lipinski definition) is 0. The van der Waals surface area contributed by atoms with Crippen molar-refractivity contribution in [3.8, 4) is 5.75 Å². The summed E-state index contributed by atoms with van der Waals surface area (Å²) in [6, 6.07) is 17.5. The van der Waals surface area contributed by atoms with Crippen molar-refractivity contribution in [2.75, 3.05) is 40.0 Å². The van der Waals surface area contributed by atoms with E-state index in [1.54, 1.807) is 7.11 Å². The summed E-state index contributed by atoms with van der Waals surface area (Å²) in [7, 11) is 1.65. The van der Waals surface area contributed by atoms with Gasteiger partial charge in [0.05, 0.1) is 18.2 Å². The second-order valence-corrected chi connectivity index (χ2v) is 8.79. The SMILES string of the molecule is CCC(=O)N1CCCCCCN(CCOC)C(=O)c2ccccc2OC[C@@H]1Cc1ccccc1. The minimum Gasteiger partial charge on any atom is -0.491 e. The maximum atomic E-state index is 13.4. The standard InChI is InChI=1S/C28H38N2O4/c1-3-27(31)30-18-12-5-4-11-17-29(19-20-33-2)28(32)25-15-9-10-16-26(25)34-22-24(30)21-23-13-7-6-8-14-23/h6-10,13-16,24H,3-5,11-12,17-22H2,1-2H3/t24-/m0/s1. The van der Waals surface area contributed by atoms with Gasteiger partial charge in [0.15, 0.2) is 0 Å². The Bertz CT molecular complexity index is 902. The summed E-state index contributed by atoms with van der Waals surface area (Å²) in [4.78, 5) is 30.2. The highest BCUT2D eigenvalue weighted by Gasteiger charge is 2.26. The average Bonchev–Trinajstić information content (AvgIpc) is 2.87. The van der Waals surface area contributed by atoms with E-state index in [0.29, 0.717) is 50.5 Å². The molecule has 1 aliphatic heterocycles. The summed E-state index contributed by atoms with van der Waals surface area (Å²) in [5, 5.41) is 0. The number of ether oxygens (including phenoxy) is 2. The van der Waals surface area contributed by atoms with E-state index in [0.717, 1.165) is 32.2 Å². The molecule has 2 amide bonds. The van der Waals surface area contributed by atoms with E-state index in [1.807, 2.05) is 59.2 Å². The molecule has 0 aliphatic carbocycles. The van der Waals surface area contributed by atoms with Crippen molar-refractivity contribution in [1.82, 2.24) is 9.80 Å². The number of rotatable bonds is 6. The molecular weight excluding hydrogens is 428 g/mol. The first-order valence-corrected chi connectivity index (χ1v) is 12.5. The number of carbonyl (C=O) groups excluding carboxylic acids is 2. The molecule has 1 aliphatic rings. The summed E-state index contributed by atoms with van der Waals surface area (Å²) in [6.07, 6.45) is 5.09. The lowest BCUT2D eigenvalue weighted by Gasteiger charge is -2.33. The van der Waals surface area contributed by atoms with E-state index in [4.69, 9.17) is 9.47 Å². The zero-order valence-electron chi connectivity index (χ0n) is 20.6. The van der Waals surface area contributed by atoms with Crippen LogP contribution in [0.2, 0.25) is 0 Å². The number of nitrogens with zero attached hydrogens (tertiary/aromatic N) is 2. The highest BCUT2D eigenvalue weighted by atomic mass is 16.5. The van der Waals surface area contributed by atoms with E-state index in [2.05, 4.69) is 12.1 Å². The Morgan fingerprint density at radius 2 is 1.71 bits per heavy atom. The van der Waals surface area contributed by atoms with Crippen molar-refractivity contribution in [1.29, 1.82) is 0 Å². The van der Waals surface area contributed by atoms with Crippen molar-refractivity contribution >= 4 is 11.8 Å². The van der Waals surface area contributed by atoms with Crippen molar-refractivity contribution in [3.05, 3.63) is 65.7 Å². The van der Waals surface area contributed by atoms with E-state index in [1.165, 1.54) is 5.56 Å². The summed E-state index contributed by atoms with van der Waals surface area (Å²) < 4.78 is 11.5. The lowest BCUT2D eigenvalue weighted by Crippen LogP contribution is -2.45. The number of carbonyl (C=O) groups is 2. The second kappa shape index (κ2) is 13.8. The molecule has 0 aromatic heterocycles. The molecule has 3 rings (SSSR count). The molecule has 0 saturated heterocycles. The summed E-state index contributed by atoms with van der Waals surface area (Å²) in [5.74, 6) is 0.673. The van der Waals surface area contributed by atoms with Gasteiger partial charge in [-0.3, -0.25) is 9.59 Å². The molecule has 0 fully saturated rings. The van der Waals surface area contributed by atoms with Gasteiger partial charge in [0, 0.05) is 33.2 Å². The lowest BCUT2D eigenvalue weighted by atomic mass is 10.0. The van der Waals surface area contributed by atoms with Gasteiger partial charge in [-0.25, -0.2) is 0 Å². The van der Waals surface area contributed by atoms with Gasteiger partial charge in [0.25, 0.3) is 5.91 Å². The van der Waals surface area contributed by atoms with Gasteiger partial charge in [-0.05, 0) is 37.0 Å². The van der Waals surface area contributed by atoms with Crippen molar-refractivity contribution in [2.24, 2.45) is 0 Å². The molecule has 34 heavy (non-hydrogen) atoms. The minimum atomic E-state index is -0.106. The van der Waals surface area contributed by atoms with Gasteiger partial charge >= 0.3 is 0 Å². The zero-order chi connectivity index (χ0) is 24.2. The Balaban J connectivity index is 1.90. The van der Waals surface area contributed by atoms with Crippen LogP contribution in [-0.4, -0.2) is 67.6 Å². The van der Waals surface area contributed by atoms with Gasteiger partial charge in [-0.2, -0.15) is 0 Å². The van der Waals surface area contributed by atoms with Crippen molar-refractivity contribution < 1.29 is 19.1 Å². The van der Waals surface area contributed by atoms with Crippen LogP contribution in [-0.2, 0) is 16.0 Å². The zero-order valence-corrected chi connectivity index (χ0v) is 20.6. The topological polar surface area (TPSA) is 59.1 Å². The van der Waals surface area contributed by atoms with Crippen LogP contribution in [0.3, 0.4) is 0 Å². The van der Waals surface area contributed by atoms with Crippen LogP contribution >= 0.6 is 0 Å². The fourth-order valence-electron chi connectivity index (χ4n) is 4.44. The molecule has 2 aromatic rings. The van der Waals surface area contributed by atoms with Crippen LogP contribution in [0.4, 0.5) is 0 Å². The monoisotopic (exact) mass is 466 g/mol. The molecule has 6 heteroatoms. The smallest absolute Gasteiger partial charge is 0.257 e. The third-order valence-corrected chi connectivity index (χ3v) is 6.36. The highest BCUT2D eigenvalue weighted by Crippen LogP contribution is 2.23. The highest BCUT2D eigenvalue weighted by molar-refractivity contribution is 5.97. The summed E-state index contributed by atoms with van der Waals surface area (Å²) in [6.45, 7) is 4.72. The third-order valence-electron chi connectivity index (χ3n) is 6.36. The van der Waals surface area contributed by atoms with E-state index >= 15 is 0 Å². The minimum absolute atomic E-state index is 0.0363. The normalized spacial score (nSPS) is 18.1. The van der Waals surface area contributed by atoms with Crippen molar-refractivity contribution in [3.63, 3.8) is 0 Å². The van der Waals surface area contributed by atoms with Crippen LogP contribution in [0.25, 0.3) is 0 Å². The van der Waals surface area contributed by atoms with Crippen LogP contribution in [0.1, 0.15) is 54.9 Å². The molecule has 0 unspecified atom stereocenters. The first-order chi connectivity index (χ1) is 16.6. The van der Waals surface area contributed by atoms with Crippen molar-refractivity contribution in [2.45, 2.75) is 51.5 Å². The Morgan fingerprint density at radius 1 is 1.00 bits per heavy atom. The summed E-state index contributed by atoms with van der Waals surface area (Å²) >= 11 is 0. The fourth-order valence-corrected chi connectivity index (χ4v) is 4.44. The number of fused-ring (bicyclic) bond motifs is 1. The van der Waals surface area contributed by atoms with Gasteiger partial charge in [0.1, 0.15) is 12.4 Å². The average molecular weight is 467 g/mol. The number of para-hydroxylation sites is 1. The van der Waals surface area contributed by atoms with Crippen LogP contribution in [0, 0.1) is 0 Å². The van der Waals surface area contributed by atoms with E-state index in [-0.39, 0.29) is 17.9 Å². The van der Waals surface area contributed by atoms with Crippen LogP contribution in [0.15, 0.2) is 54.6 Å². The molecule has 0 N–H and O–H groups in total. The fraction of sp³-hybridized carbons (Fsp3) is 0.500. The number of methoxy groups -OCH3 is 1. The summed E-state index contributed by atoms with van der Waals surface area (Å²) in [5.41, 5.74) is 1.73. The molecule has 1 atom stereocenters.